The van der Waals surface area contributed by atoms with E-state index in [-0.39, 0.29) is 0 Å². The van der Waals surface area contributed by atoms with Crippen LogP contribution in [0, 0.1) is 11.8 Å². The Bertz CT molecular complexity index is 240. The van der Waals surface area contributed by atoms with Crippen LogP contribution >= 0.6 is 11.8 Å². The zero-order valence-electron chi connectivity index (χ0n) is 10.1. The smallest absolute Gasteiger partial charge is 0.0186 e. The maximum Gasteiger partial charge on any atom is 0.0186 e. The molecule has 0 aromatic carbocycles. The number of fused-ring (bicyclic) bond motifs is 1. The van der Waals surface area contributed by atoms with Crippen molar-refractivity contribution in [2.24, 2.45) is 17.6 Å². The molecule has 16 heavy (non-hydrogen) atoms. The molecule has 2 nitrogen and oxygen atoms in total. The second-order valence-electron chi connectivity index (χ2n) is 5.84. The summed E-state index contributed by atoms with van der Waals surface area (Å²) >= 11 is 2.15. The first-order chi connectivity index (χ1) is 7.84. The van der Waals surface area contributed by atoms with Gasteiger partial charge in [0.15, 0.2) is 0 Å². The zero-order chi connectivity index (χ0) is 11.0. The van der Waals surface area contributed by atoms with Gasteiger partial charge in [-0.05, 0) is 43.3 Å². The molecular weight excluding hydrogens is 216 g/mol. The quantitative estimate of drug-likeness (QED) is 0.759. The summed E-state index contributed by atoms with van der Waals surface area (Å²) in [6, 6.07) is 1.37. The number of nitrogens with zero attached hydrogens (tertiary/aromatic N) is 1. The van der Waals surface area contributed by atoms with Gasteiger partial charge in [0, 0.05) is 30.9 Å². The molecule has 2 aliphatic heterocycles. The largest absolute Gasteiger partial charge is 0.327 e. The monoisotopic (exact) mass is 240 g/mol. The minimum atomic E-state index is 0.500. The van der Waals surface area contributed by atoms with Crippen molar-refractivity contribution in [1.29, 1.82) is 0 Å². The van der Waals surface area contributed by atoms with Crippen molar-refractivity contribution in [1.82, 2.24) is 4.90 Å². The van der Waals surface area contributed by atoms with Gasteiger partial charge in [0.25, 0.3) is 0 Å². The molecule has 0 bridgehead atoms. The average Bonchev–Trinajstić information content (AvgIpc) is 2.76. The highest BCUT2D eigenvalue weighted by Crippen LogP contribution is 2.37. The Labute approximate surface area is 103 Å². The van der Waals surface area contributed by atoms with Crippen LogP contribution in [-0.2, 0) is 0 Å². The Morgan fingerprint density at radius 1 is 1.06 bits per heavy atom. The summed E-state index contributed by atoms with van der Waals surface area (Å²) < 4.78 is 0. The number of thioether (sulfide) groups is 1. The second kappa shape index (κ2) is 4.87. The minimum absolute atomic E-state index is 0.500. The average molecular weight is 240 g/mol. The summed E-state index contributed by atoms with van der Waals surface area (Å²) in [4.78, 5) is 2.77. The van der Waals surface area contributed by atoms with Gasteiger partial charge in [-0.3, -0.25) is 4.90 Å². The van der Waals surface area contributed by atoms with Crippen LogP contribution in [0.15, 0.2) is 0 Å². The molecule has 3 aliphatic rings. The molecule has 0 aromatic heterocycles. The van der Waals surface area contributed by atoms with Gasteiger partial charge in [-0.1, -0.05) is 6.42 Å². The van der Waals surface area contributed by atoms with E-state index in [2.05, 4.69) is 16.7 Å². The van der Waals surface area contributed by atoms with Crippen LogP contribution < -0.4 is 5.73 Å². The fourth-order valence-electron chi connectivity index (χ4n) is 3.86. The van der Waals surface area contributed by atoms with Gasteiger partial charge < -0.3 is 5.73 Å². The molecule has 92 valence electrons. The van der Waals surface area contributed by atoms with Crippen LogP contribution in [0.25, 0.3) is 0 Å². The minimum Gasteiger partial charge on any atom is -0.327 e. The fraction of sp³-hybridized carbons (Fsp3) is 1.00. The van der Waals surface area contributed by atoms with E-state index >= 15 is 0 Å². The molecule has 1 aliphatic carbocycles. The van der Waals surface area contributed by atoms with Gasteiger partial charge in [-0.2, -0.15) is 11.8 Å². The molecule has 0 radical (unpaired) electrons. The molecule has 3 rings (SSSR count). The number of nitrogens with two attached hydrogens (primary N) is 1. The van der Waals surface area contributed by atoms with Crippen LogP contribution in [0.4, 0.5) is 0 Å². The van der Waals surface area contributed by atoms with Gasteiger partial charge in [0.05, 0.1) is 0 Å². The van der Waals surface area contributed by atoms with E-state index in [0.29, 0.717) is 6.04 Å². The van der Waals surface area contributed by atoms with Crippen LogP contribution in [0.5, 0.6) is 0 Å². The topological polar surface area (TPSA) is 29.3 Å². The summed E-state index contributed by atoms with van der Waals surface area (Å²) in [5.74, 6) is 4.50. The first-order valence-corrected chi connectivity index (χ1v) is 8.07. The molecule has 4 atom stereocenters. The normalized spacial score (nSPS) is 45.6. The SMILES string of the molecule is NC1CCCC2CN(C3CCCSC3)CC12. The van der Waals surface area contributed by atoms with E-state index in [4.69, 9.17) is 5.73 Å². The van der Waals surface area contributed by atoms with Gasteiger partial charge in [-0.25, -0.2) is 0 Å². The van der Waals surface area contributed by atoms with Crippen molar-refractivity contribution >= 4 is 11.8 Å². The summed E-state index contributed by atoms with van der Waals surface area (Å²) in [5, 5.41) is 0. The molecule has 4 unspecified atom stereocenters. The lowest BCUT2D eigenvalue weighted by molar-refractivity contribution is 0.232. The molecule has 0 spiro atoms. The first-order valence-electron chi connectivity index (χ1n) is 6.92. The predicted molar refractivity (Wildman–Crippen MR) is 70.7 cm³/mol. The lowest BCUT2D eigenvalue weighted by Gasteiger charge is -2.31. The number of hydrogen-bond donors (Lipinski definition) is 1. The zero-order valence-corrected chi connectivity index (χ0v) is 10.9. The summed E-state index contributed by atoms with van der Waals surface area (Å²) in [7, 11) is 0. The number of hydrogen-bond acceptors (Lipinski definition) is 3. The summed E-state index contributed by atoms with van der Waals surface area (Å²) in [6.45, 7) is 2.65. The maximum atomic E-state index is 6.28. The van der Waals surface area contributed by atoms with Crippen LogP contribution in [0.2, 0.25) is 0 Å². The molecule has 0 amide bonds. The van der Waals surface area contributed by atoms with E-state index in [0.717, 1.165) is 17.9 Å². The van der Waals surface area contributed by atoms with Crippen molar-refractivity contribution in [2.75, 3.05) is 24.6 Å². The Morgan fingerprint density at radius 3 is 2.75 bits per heavy atom. The Hall–Kier alpha value is 0.270. The Morgan fingerprint density at radius 2 is 2.00 bits per heavy atom. The van der Waals surface area contributed by atoms with Gasteiger partial charge in [-0.15, -0.1) is 0 Å². The summed E-state index contributed by atoms with van der Waals surface area (Å²) in [6.07, 6.45) is 6.94. The van der Waals surface area contributed by atoms with Gasteiger partial charge in [0.2, 0.25) is 0 Å². The second-order valence-corrected chi connectivity index (χ2v) is 6.99. The molecule has 0 aromatic rings. The van der Waals surface area contributed by atoms with E-state index in [1.165, 1.54) is 56.7 Å². The van der Waals surface area contributed by atoms with Crippen molar-refractivity contribution in [3.63, 3.8) is 0 Å². The predicted octanol–water partition coefficient (Wildman–Crippen LogP) is 1.94. The van der Waals surface area contributed by atoms with Gasteiger partial charge >= 0.3 is 0 Å². The molecule has 1 saturated carbocycles. The van der Waals surface area contributed by atoms with Crippen molar-refractivity contribution < 1.29 is 0 Å². The standard InChI is InChI=1S/C13H24N2S/c14-13-5-1-3-10-7-15(8-12(10)13)11-4-2-6-16-9-11/h10-13H,1-9,14H2. The first kappa shape index (κ1) is 11.4. The van der Waals surface area contributed by atoms with E-state index in [9.17, 15) is 0 Å². The van der Waals surface area contributed by atoms with Crippen molar-refractivity contribution in [2.45, 2.75) is 44.2 Å². The highest BCUT2D eigenvalue weighted by Gasteiger charge is 2.40. The third kappa shape index (κ3) is 2.14. The fourth-order valence-corrected chi connectivity index (χ4v) is 5.05. The third-order valence-corrected chi connectivity index (χ3v) is 6.03. The van der Waals surface area contributed by atoms with E-state index < -0.39 is 0 Å². The van der Waals surface area contributed by atoms with Crippen molar-refractivity contribution in [3.8, 4) is 0 Å². The van der Waals surface area contributed by atoms with E-state index in [1.807, 2.05) is 0 Å². The molecule has 3 fully saturated rings. The lowest BCUT2D eigenvalue weighted by Crippen LogP contribution is -2.40. The van der Waals surface area contributed by atoms with E-state index in [1.54, 1.807) is 0 Å². The molecule has 2 N–H and O–H groups in total. The highest BCUT2D eigenvalue weighted by molar-refractivity contribution is 7.99. The number of rotatable bonds is 1. The van der Waals surface area contributed by atoms with Crippen molar-refractivity contribution in [3.05, 3.63) is 0 Å². The maximum absolute atomic E-state index is 6.28. The molecular formula is C13H24N2S. The Kier molecular flexibility index (Phi) is 3.46. The third-order valence-electron chi connectivity index (χ3n) is 4.83. The molecule has 2 saturated heterocycles. The highest BCUT2D eigenvalue weighted by atomic mass is 32.2. The molecule has 2 heterocycles. The van der Waals surface area contributed by atoms with Gasteiger partial charge in [0.1, 0.15) is 0 Å². The molecule has 3 heteroatoms. The van der Waals surface area contributed by atoms with Crippen LogP contribution in [0.1, 0.15) is 32.1 Å². The summed E-state index contributed by atoms with van der Waals surface area (Å²) in [5.41, 5.74) is 6.28. The number of likely N-dealkylation sites (tertiary alicyclic amines) is 1. The van der Waals surface area contributed by atoms with Crippen LogP contribution in [-0.4, -0.2) is 41.6 Å². The van der Waals surface area contributed by atoms with Crippen LogP contribution in [0.3, 0.4) is 0 Å². The lowest BCUT2D eigenvalue weighted by atomic mass is 9.78. The Balaban J connectivity index is 1.62.